The van der Waals surface area contributed by atoms with Gasteiger partial charge in [-0.1, -0.05) is 133 Å². The normalized spacial score (nSPS) is 15.0. The molecule has 12 rings (SSSR count). The van der Waals surface area contributed by atoms with Gasteiger partial charge >= 0.3 is 5.97 Å². The van der Waals surface area contributed by atoms with Crippen molar-refractivity contribution in [3.05, 3.63) is 206 Å². The zero-order valence-electron chi connectivity index (χ0n) is 38.9. The summed E-state index contributed by atoms with van der Waals surface area (Å²) >= 11 is 0. The Morgan fingerprint density at radius 2 is 1.00 bits per heavy atom. The van der Waals surface area contributed by atoms with E-state index >= 15 is 0 Å². The van der Waals surface area contributed by atoms with E-state index in [0.717, 1.165) is 71.9 Å². The van der Waals surface area contributed by atoms with Gasteiger partial charge in [-0.25, -0.2) is 14.8 Å². The second-order valence-corrected chi connectivity index (χ2v) is 17.2. The van der Waals surface area contributed by atoms with Crippen molar-refractivity contribution in [2.24, 2.45) is 0 Å². The summed E-state index contributed by atoms with van der Waals surface area (Å²) in [7, 11) is 0. The molecule has 0 radical (unpaired) electrons. The fraction of sp³-hybridized carbons (Fsp3) is 0.179. The summed E-state index contributed by atoms with van der Waals surface area (Å²) in [5.41, 5.74) is 9.49. The van der Waals surface area contributed by atoms with E-state index < -0.39 is 5.97 Å². The van der Waals surface area contributed by atoms with Gasteiger partial charge in [-0.15, -0.1) is 24.0 Å². The van der Waals surface area contributed by atoms with Crippen LogP contribution in [0.1, 0.15) is 46.7 Å². The first kappa shape index (κ1) is 49.7. The van der Waals surface area contributed by atoms with E-state index in [1.54, 1.807) is 22.7 Å². The molecule has 2 aliphatic rings. The first-order chi connectivity index (χ1) is 34.0. The smallest absolute Gasteiger partial charge is 0.355 e. The molecule has 15 heteroatoms. The molecular formula is C56H54FIN10O3. The molecule has 360 valence electrons. The summed E-state index contributed by atoms with van der Waals surface area (Å²) in [6.07, 6.45) is 12.2. The molecule has 0 aliphatic carbocycles. The van der Waals surface area contributed by atoms with Crippen LogP contribution in [0.25, 0.3) is 56.3 Å². The number of nitrogens with zero attached hydrogens (tertiary/aromatic N) is 9. The van der Waals surface area contributed by atoms with Crippen molar-refractivity contribution in [1.29, 1.82) is 0 Å². The summed E-state index contributed by atoms with van der Waals surface area (Å²) in [5.74, 6) is -0.956. The Morgan fingerprint density at radius 3 is 1.49 bits per heavy atom. The standard InChI is InChI=1S/C28H25N5O.C14H17N3.C14H10N2O2.FH.HI/c34-28(27-26(22-12-5-2-6-13-22)29-25-15-7-8-17-33(25)27)32-18-9-14-23(32)20-31-19-16-24(30-31)21-10-3-1-4-11-21;1-2-5-12(6-3-1)14-8-10-17(16-14)11-13-7-4-9-15-13;17-14(18)13-12(10-6-2-1-3-7-10)15-11-8-4-5-9-16(11)13;;/h1-8,10-13,15-17,19,23H,9,14,18,20H2;1-3,5-6,8,10,13,15H,4,7,9,11H2;1-9H,(H,17,18);2*1H/t23-;13-;;;/m00.../s1. The minimum atomic E-state index is -0.979. The molecule has 10 aromatic rings. The summed E-state index contributed by atoms with van der Waals surface area (Å²) in [6, 6.07) is 55.8. The lowest BCUT2D eigenvalue weighted by Gasteiger charge is -2.25. The van der Waals surface area contributed by atoms with Gasteiger partial charge < -0.3 is 15.3 Å². The molecule has 8 heterocycles. The number of imidazole rings is 2. The number of carbonyl (C=O) groups is 2. The number of likely N-dealkylation sites (tertiary alicyclic amines) is 1. The third kappa shape index (κ3) is 11.3. The van der Waals surface area contributed by atoms with E-state index in [1.165, 1.54) is 18.4 Å². The van der Waals surface area contributed by atoms with E-state index in [4.69, 9.17) is 10.1 Å². The van der Waals surface area contributed by atoms with Crippen LogP contribution in [0.5, 0.6) is 0 Å². The van der Waals surface area contributed by atoms with E-state index in [-0.39, 0.29) is 46.3 Å². The SMILES string of the molecule is F.I.O=C(O)c1c(-c2ccccc2)nc2ccccn12.O=C(c1c(-c2ccccc2)nc2ccccn12)N1CCC[C@H]1Cn1ccc(-c2ccccc2)n1.c1ccc(-c2ccn(C[C@@H]3CCCN3)n2)cc1. The van der Waals surface area contributed by atoms with Gasteiger partial charge in [0.25, 0.3) is 5.91 Å². The Morgan fingerprint density at radius 1 is 0.535 bits per heavy atom. The Balaban J connectivity index is 0.000000155. The van der Waals surface area contributed by atoms with E-state index in [1.807, 2.05) is 158 Å². The van der Waals surface area contributed by atoms with Crippen LogP contribution in [-0.2, 0) is 13.1 Å². The Kier molecular flexibility index (Phi) is 16.2. The fourth-order valence-corrected chi connectivity index (χ4v) is 9.23. The molecule has 2 saturated heterocycles. The zero-order chi connectivity index (χ0) is 46.9. The molecule has 2 N–H and O–H groups in total. The summed E-state index contributed by atoms with van der Waals surface area (Å²) in [4.78, 5) is 36.6. The van der Waals surface area contributed by atoms with Crippen LogP contribution < -0.4 is 5.32 Å². The number of benzene rings is 4. The summed E-state index contributed by atoms with van der Waals surface area (Å²) in [5, 5.41) is 22.2. The van der Waals surface area contributed by atoms with Crippen molar-refractivity contribution in [1.82, 2.24) is 48.5 Å². The second-order valence-electron chi connectivity index (χ2n) is 17.2. The van der Waals surface area contributed by atoms with Gasteiger partial charge in [0.15, 0.2) is 5.69 Å². The summed E-state index contributed by atoms with van der Waals surface area (Å²) in [6.45, 7) is 3.55. The number of aromatic carboxylic acids is 1. The molecule has 0 spiro atoms. The number of carboxylic acid groups (broad SMARTS) is 1. The number of halogens is 2. The number of carbonyl (C=O) groups excluding carboxylic acids is 1. The molecule has 0 saturated carbocycles. The van der Waals surface area contributed by atoms with Crippen LogP contribution in [0, 0.1) is 0 Å². The molecule has 2 atom stereocenters. The van der Waals surface area contributed by atoms with Crippen molar-refractivity contribution < 1.29 is 19.4 Å². The lowest BCUT2D eigenvalue weighted by Crippen LogP contribution is -2.39. The van der Waals surface area contributed by atoms with Crippen LogP contribution in [0.4, 0.5) is 4.70 Å². The number of nitrogens with one attached hydrogen (secondary N) is 1. The highest BCUT2D eigenvalue weighted by molar-refractivity contribution is 14.0. The third-order valence-electron chi connectivity index (χ3n) is 12.6. The van der Waals surface area contributed by atoms with Crippen LogP contribution in [0.15, 0.2) is 195 Å². The average molecular weight is 1060 g/mol. The monoisotopic (exact) mass is 1060 g/mol. The van der Waals surface area contributed by atoms with Crippen LogP contribution in [0.2, 0.25) is 0 Å². The lowest BCUT2D eigenvalue weighted by molar-refractivity contribution is 0.0687. The minimum absolute atomic E-state index is 0. The van der Waals surface area contributed by atoms with Gasteiger partial charge in [0.1, 0.15) is 28.4 Å². The topological polar surface area (TPSA) is 140 Å². The third-order valence-corrected chi connectivity index (χ3v) is 12.6. The number of aromatic nitrogens is 8. The fourth-order valence-electron chi connectivity index (χ4n) is 9.23. The van der Waals surface area contributed by atoms with Crippen molar-refractivity contribution in [3.63, 3.8) is 0 Å². The highest BCUT2D eigenvalue weighted by Gasteiger charge is 2.33. The molecular weight excluding hydrogens is 1010 g/mol. The number of carboxylic acids is 1. The number of hydrogen-bond acceptors (Lipinski definition) is 7. The number of rotatable bonds is 10. The highest BCUT2D eigenvalue weighted by Crippen LogP contribution is 2.30. The number of fused-ring (bicyclic) bond motifs is 2. The van der Waals surface area contributed by atoms with Gasteiger partial charge in [0, 0.05) is 59.6 Å². The van der Waals surface area contributed by atoms with E-state index in [0.29, 0.717) is 29.6 Å². The van der Waals surface area contributed by atoms with Crippen molar-refractivity contribution >= 4 is 47.1 Å². The van der Waals surface area contributed by atoms with Crippen molar-refractivity contribution in [2.45, 2.75) is 50.9 Å². The molecule has 13 nitrogen and oxygen atoms in total. The van der Waals surface area contributed by atoms with E-state index in [2.05, 4.69) is 51.9 Å². The highest BCUT2D eigenvalue weighted by atomic mass is 127. The maximum absolute atomic E-state index is 14.0. The molecule has 4 aromatic carbocycles. The van der Waals surface area contributed by atoms with E-state index in [9.17, 15) is 14.7 Å². The molecule has 1 amide bonds. The zero-order valence-corrected chi connectivity index (χ0v) is 41.2. The summed E-state index contributed by atoms with van der Waals surface area (Å²) < 4.78 is 7.52. The molecule has 71 heavy (non-hydrogen) atoms. The van der Waals surface area contributed by atoms with Gasteiger partial charge in [-0.3, -0.25) is 27.7 Å². The molecule has 0 unspecified atom stereocenters. The minimum Gasteiger partial charge on any atom is -0.476 e. The maximum Gasteiger partial charge on any atom is 0.355 e. The number of pyridine rings is 2. The van der Waals surface area contributed by atoms with Crippen LogP contribution in [-0.4, -0.2) is 85.4 Å². The Hall–Kier alpha value is -7.76. The van der Waals surface area contributed by atoms with Gasteiger partial charge in [-0.05, 0) is 68.6 Å². The molecule has 0 bridgehead atoms. The maximum atomic E-state index is 14.0. The quantitative estimate of drug-likeness (QED) is 0.129. The molecule has 2 aliphatic heterocycles. The molecule has 2 fully saturated rings. The van der Waals surface area contributed by atoms with Gasteiger partial charge in [-0.2, -0.15) is 10.2 Å². The lowest BCUT2D eigenvalue weighted by atomic mass is 10.1. The average Bonchev–Trinajstić information content (AvgIpc) is 4.28. The van der Waals surface area contributed by atoms with Crippen LogP contribution >= 0.6 is 24.0 Å². The van der Waals surface area contributed by atoms with Crippen molar-refractivity contribution in [3.8, 4) is 45.0 Å². The molecule has 6 aromatic heterocycles. The predicted molar refractivity (Wildman–Crippen MR) is 287 cm³/mol. The van der Waals surface area contributed by atoms with Gasteiger partial charge in [0.05, 0.1) is 30.5 Å². The van der Waals surface area contributed by atoms with Crippen LogP contribution in [0.3, 0.4) is 0 Å². The Labute approximate surface area is 427 Å². The first-order valence-electron chi connectivity index (χ1n) is 23.5. The van der Waals surface area contributed by atoms with Gasteiger partial charge in [0.2, 0.25) is 0 Å². The first-order valence-corrected chi connectivity index (χ1v) is 23.5. The predicted octanol–water partition coefficient (Wildman–Crippen LogP) is 10.9. The number of amides is 1. The number of hydrogen-bond donors (Lipinski definition) is 2. The Bertz CT molecular complexity index is 3300. The van der Waals surface area contributed by atoms with Crippen molar-refractivity contribution in [2.75, 3.05) is 13.1 Å². The second kappa shape index (κ2) is 23.2. The largest absolute Gasteiger partial charge is 0.476 e.